The fraction of sp³-hybridized carbons (Fsp3) is 0.600. The van der Waals surface area contributed by atoms with Gasteiger partial charge < -0.3 is 9.84 Å². The summed E-state index contributed by atoms with van der Waals surface area (Å²) < 4.78 is 6.46. The maximum absolute atomic E-state index is 11.0. The lowest BCUT2D eigenvalue weighted by Gasteiger charge is -2.30. The summed E-state index contributed by atoms with van der Waals surface area (Å²) in [5.74, 6) is 0.869. The Kier molecular flexibility index (Phi) is 3.58. The van der Waals surface area contributed by atoms with Crippen LogP contribution in [-0.2, 0) is 6.42 Å². The first kappa shape index (κ1) is 13.4. The van der Waals surface area contributed by atoms with Crippen LogP contribution in [0.2, 0.25) is 0 Å². The summed E-state index contributed by atoms with van der Waals surface area (Å²) in [4.78, 5) is 2.43. The zero-order valence-electron chi connectivity index (χ0n) is 11.2. The number of aliphatic hydroxyl groups is 1. The molecule has 0 bridgehead atoms. The van der Waals surface area contributed by atoms with Gasteiger partial charge in [0.25, 0.3) is 0 Å². The third-order valence-electron chi connectivity index (χ3n) is 4.55. The molecule has 0 spiro atoms. The number of benzene rings is 1. The Morgan fingerprint density at radius 1 is 1.47 bits per heavy atom. The van der Waals surface area contributed by atoms with Crippen LogP contribution in [-0.4, -0.2) is 41.8 Å². The van der Waals surface area contributed by atoms with E-state index in [1.807, 2.05) is 12.1 Å². The summed E-state index contributed by atoms with van der Waals surface area (Å²) in [6.45, 7) is 2.17. The number of fused-ring (bicyclic) bond motifs is 1. The van der Waals surface area contributed by atoms with Gasteiger partial charge >= 0.3 is 0 Å². The monoisotopic (exact) mass is 325 g/mol. The van der Waals surface area contributed by atoms with Gasteiger partial charge in [-0.3, -0.25) is 4.90 Å². The lowest BCUT2D eigenvalue weighted by atomic mass is 9.86. The molecule has 2 aliphatic heterocycles. The smallest absolute Gasteiger partial charge is 0.122 e. The number of rotatable bonds is 3. The standard InChI is InChI=1S/C15H20BrNO2/c1-19-13-5-4-12(16)9-11(13)10-15(18)6-8-17-7-2-3-14(15)17/h4-5,9,14,18H,2-3,6-8,10H2,1H3. The molecule has 4 heteroatoms. The molecule has 0 aliphatic carbocycles. The molecule has 2 unspecified atom stereocenters. The predicted molar refractivity (Wildman–Crippen MR) is 78.6 cm³/mol. The summed E-state index contributed by atoms with van der Waals surface area (Å²) in [6.07, 6.45) is 3.87. The minimum absolute atomic E-state index is 0.330. The third kappa shape index (κ3) is 2.41. The van der Waals surface area contributed by atoms with E-state index in [2.05, 4.69) is 26.9 Å². The molecule has 0 amide bonds. The highest BCUT2D eigenvalue weighted by Gasteiger charge is 2.48. The van der Waals surface area contributed by atoms with Crippen molar-refractivity contribution in [2.45, 2.75) is 37.3 Å². The van der Waals surface area contributed by atoms with Crippen molar-refractivity contribution in [2.75, 3.05) is 20.2 Å². The van der Waals surface area contributed by atoms with Crippen molar-refractivity contribution >= 4 is 15.9 Å². The largest absolute Gasteiger partial charge is 0.496 e. The number of hydrogen-bond acceptors (Lipinski definition) is 3. The SMILES string of the molecule is COc1ccc(Br)cc1CC1(O)CCN2CCCC21. The molecule has 2 heterocycles. The van der Waals surface area contributed by atoms with E-state index in [1.54, 1.807) is 7.11 Å². The predicted octanol–water partition coefficient (Wildman–Crippen LogP) is 2.60. The Bertz CT molecular complexity index is 479. The van der Waals surface area contributed by atoms with E-state index in [0.717, 1.165) is 41.7 Å². The fourth-order valence-corrected chi connectivity index (χ4v) is 4.04. The van der Waals surface area contributed by atoms with E-state index in [9.17, 15) is 5.11 Å². The zero-order valence-corrected chi connectivity index (χ0v) is 12.8. The molecule has 1 aromatic carbocycles. The molecule has 3 rings (SSSR count). The Morgan fingerprint density at radius 3 is 3.11 bits per heavy atom. The molecular formula is C15H20BrNO2. The second-order valence-electron chi connectivity index (χ2n) is 5.68. The van der Waals surface area contributed by atoms with Gasteiger partial charge in [0, 0.05) is 23.5 Å². The van der Waals surface area contributed by atoms with Crippen LogP contribution in [0, 0.1) is 0 Å². The van der Waals surface area contributed by atoms with Gasteiger partial charge in [-0.1, -0.05) is 15.9 Å². The molecule has 2 fully saturated rings. The van der Waals surface area contributed by atoms with Crippen molar-refractivity contribution in [3.63, 3.8) is 0 Å². The van der Waals surface area contributed by atoms with E-state index in [1.165, 1.54) is 6.42 Å². The van der Waals surface area contributed by atoms with E-state index in [4.69, 9.17) is 4.74 Å². The van der Waals surface area contributed by atoms with Crippen LogP contribution in [0.15, 0.2) is 22.7 Å². The van der Waals surface area contributed by atoms with Gasteiger partial charge in [-0.05, 0) is 49.6 Å². The van der Waals surface area contributed by atoms with E-state index in [0.29, 0.717) is 12.5 Å². The van der Waals surface area contributed by atoms with Crippen LogP contribution in [0.4, 0.5) is 0 Å². The topological polar surface area (TPSA) is 32.7 Å². The van der Waals surface area contributed by atoms with Crippen molar-refractivity contribution in [3.8, 4) is 5.75 Å². The van der Waals surface area contributed by atoms with Crippen molar-refractivity contribution < 1.29 is 9.84 Å². The second kappa shape index (κ2) is 5.08. The number of methoxy groups -OCH3 is 1. The molecule has 1 N–H and O–H groups in total. The molecule has 0 aromatic heterocycles. The Morgan fingerprint density at radius 2 is 2.32 bits per heavy atom. The zero-order chi connectivity index (χ0) is 13.5. The molecule has 0 radical (unpaired) electrons. The maximum atomic E-state index is 11.0. The first-order valence-electron chi connectivity index (χ1n) is 6.91. The lowest BCUT2D eigenvalue weighted by molar-refractivity contribution is 0.0136. The molecule has 104 valence electrons. The van der Waals surface area contributed by atoms with Crippen molar-refractivity contribution in [3.05, 3.63) is 28.2 Å². The summed E-state index contributed by atoms with van der Waals surface area (Å²) in [5.41, 5.74) is 0.498. The average molecular weight is 326 g/mol. The number of ether oxygens (including phenoxy) is 1. The Labute approximate surface area is 122 Å². The summed E-state index contributed by atoms with van der Waals surface area (Å²) in [5, 5.41) is 11.0. The van der Waals surface area contributed by atoms with Crippen molar-refractivity contribution in [1.82, 2.24) is 4.90 Å². The van der Waals surface area contributed by atoms with Crippen LogP contribution in [0.3, 0.4) is 0 Å². The van der Waals surface area contributed by atoms with Gasteiger partial charge in [0.1, 0.15) is 5.75 Å². The van der Waals surface area contributed by atoms with Gasteiger partial charge in [-0.2, -0.15) is 0 Å². The van der Waals surface area contributed by atoms with Gasteiger partial charge in [0.15, 0.2) is 0 Å². The average Bonchev–Trinajstić information content (AvgIpc) is 2.95. The molecule has 2 saturated heterocycles. The van der Waals surface area contributed by atoms with E-state index >= 15 is 0 Å². The molecule has 3 nitrogen and oxygen atoms in total. The van der Waals surface area contributed by atoms with Crippen molar-refractivity contribution in [2.24, 2.45) is 0 Å². The fourth-order valence-electron chi connectivity index (χ4n) is 3.63. The van der Waals surface area contributed by atoms with Gasteiger partial charge in [0.2, 0.25) is 0 Å². The van der Waals surface area contributed by atoms with Gasteiger partial charge in [-0.15, -0.1) is 0 Å². The highest BCUT2D eigenvalue weighted by Crippen LogP contribution is 2.39. The van der Waals surface area contributed by atoms with E-state index in [-0.39, 0.29) is 0 Å². The van der Waals surface area contributed by atoms with Crippen molar-refractivity contribution in [1.29, 1.82) is 0 Å². The van der Waals surface area contributed by atoms with Crippen LogP contribution in [0.5, 0.6) is 5.75 Å². The van der Waals surface area contributed by atoms with E-state index < -0.39 is 5.60 Å². The second-order valence-corrected chi connectivity index (χ2v) is 6.60. The quantitative estimate of drug-likeness (QED) is 0.927. The Balaban J connectivity index is 1.86. The number of halogens is 1. The minimum Gasteiger partial charge on any atom is -0.496 e. The van der Waals surface area contributed by atoms with Crippen LogP contribution < -0.4 is 4.74 Å². The number of hydrogen-bond donors (Lipinski definition) is 1. The third-order valence-corrected chi connectivity index (χ3v) is 5.05. The van der Waals surface area contributed by atoms with Gasteiger partial charge in [-0.25, -0.2) is 0 Å². The summed E-state index contributed by atoms with van der Waals surface area (Å²) >= 11 is 3.50. The van der Waals surface area contributed by atoms with Crippen LogP contribution in [0.25, 0.3) is 0 Å². The summed E-state index contributed by atoms with van der Waals surface area (Å²) in [7, 11) is 1.69. The normalized spacial score (nSPS) is 30.6. The van der Waals surface area contributed by atoms with Crippen LogP contribution >= 0.6 is 15.9 Å². The lowest BCUT2D eigenvalue weighted by Crippen LogP contribution is -2.43. The highest BCUT2D eigenvalue weighted by molar-refractivity contribution is 9.10. The molecule has 2 aliphatic rings. The first-order chi connectivity index (χ1) is 9.12. The molecule has 0 saturated carbocycles. The summed E-state index contributed by atoms with van der Waals surface area (Å²) in [6, 6.07) is 6.33. The van der Waals surface area contributed by atoms with Crippen LogP contribution in [0.1, 0.15) is 24.8 Å². The highest BCUT2D eigenvalue weighted by atomic mass is 79.9. The molecule has 19 heavy (non-hydrogen) atoms. The first-order valence-corrected chi connectivity index (χ1v) is 7.70. The number of nitrogens with zero attached hydrogens (tertiary/aromatic N) is 1. The molecule has 2 atom stereocenters. The Hall–Kier alpha value is -0.580. The molecular weight excluding hydrogens is 306 g/mol. The maximum Gasteiger partial charge on any atom is 0.122 e. The van der Waals surface area contributed by atoms with Gasteiger partial charge in [0.05, 0.1) is 12.7 Å². The minimum atomic E-state index is -0.593. The molecule has 1 aromatic rings.